The zero-order valence-electron chi connectivity index (χ0n) is 23.8. The van der Waals surface area contributed by atoms with Crippen molar-refractivity contribution in [2.24, 2.45) is 5.41 Å². The Morgan fingerprint density at radius 3 is 2.56 bits per heavy atom. The summed E-state index contributed by atoms with van der Waals surface area (Å²) in [6, 6.07) is 14.5. The minimum Gasteiger partial charge on any atom is -0.463 e. The fraction of sp³-hybridized carbons (Fsp3) is 0.576. The van der Waals surface area contributed by atoms with Crippen LogP contribution in [0.25, 0.3) is 10.8 Å². The van der Waals surface area contributed by atoms with Crippen LogP contribution in [-0.4, -0.2) is 73.0 Å². The number of morpholine rings is 1. The fourth-order valence-electron chi connectivity index (χ4n) is 7.84. The molecule has 1 aliphatic carbocycles. The number of benzene rings is 2. The first-order valence-corrected chi connectivity index (χ1v) is 16.0. The van der Waals surface area contributed by atoms with E-state index in [4.69, 9.17) is 31.0 Å². The normalized spacial score (nSPS) is 27.1. The first-order chi connectivity index (χ1) is 20.1. The molecule has 2 atom stereocenters. The van der Waals surface area contributed by atoms with Crippen molar-refractivity contribution in [3.63, 3.8) is 0 Å². The summed E-state index contributed by atoms with van der Waals surface area (Å²) in [6.07, 6.45) is 8.30. The maximum absolute atomic E-state index is 6.74. The third-order valence-electron chi connectivity index (χ3n) is 10.2. The highest BCUT2D eigenvalue weighted by Crippen LogP contribution is 2.47. The molecule has 5 aliphatic rings. The molecule has 0 amide bonds. The Kier molecular flexibility index (Phi) is 6.82. The minimum absolute atomic E-state index is 0.233. The highest BCUT2D eigenvalue weighted by Gasteiger charge is 2.45. The van der Waals surface area contributed by atoms with Gasteiger partial charge >= 0.3 is 6.01 Å². The molecule has 2 aromatic carbocycles. The average Bonchev–Trinajstić information content (AvgIpc) is 3.69. The van der Waals surface area contributed by atoms with Gasteiger partial charge < -0.3 is 19.7 Å². The molecule has 0 radical (unpaired) electrons. The number of aromatic nitrogens is 2. The Hall–Kier alpha value is -2.45. The lowest BCUT2D eigenvalue weighted by atomic mass is 9.85. The lowest BCUT2D eigenvalue weighted by Crippen LogP contribution is -2.41. The van der Waals surface area contributed by atoms with Crippen molar-refractivity contribution >= 4 is 28.1 Å². The van der Waals surface area contributed by atoms with E-state index in [9.17, 15) is 0 Å². The number of halogens is 1. The van der Waals surface area contributed by atoms with Crippen LogP contribution in [0.1, 0.15) is 61.4 Å². The number of hydrogen-bond acceptors (Lipinski definition) is 7. The number of anilines is 1. The Balaban J connectivity index is 1.09. The molecule has 3 aromatic rings. The molecule has 3 saturated heterocycles. The van der Waals surface area contributed by atoms with Crippen molar-refractivity contribution in [3.8, 4) is 6.01 Å². The fourth-order valence-corrected chi connectivity index (χ4v) is 8.12. The molecule has 216 valence electrons. The van der Waals surface area contributed by atoms with Gasteiger partial charge in [0, 0.05) is 60.7 Å². The van der Waals surface area contributed by atoms with Crippen LogP contribution in [0.15, 0.2) is 36.4 Å². The molecular formula is C33H40ClN5O2. The van der Waals surface area contributed by atoms with Gasteiger partial charge in [0.15, 0.2) is 0 Å². The van der Waals surface area contributed by atoms with E-state index in [1.54, 1.807) is 0 Å². The van der Waals surface area contributed by atoms with Gasteiger partial charge in [-0.2, -0.15) is 9.97 Å². The van der Waals surface area contributed by atoms with Gasteiger partial charge in [0.25, 0.3) is 0 Å². The number of ether oxygens (including phenoxy) is 2. The molecule has 8 heteroatoms. The van der Waals surface area contributed by atoms with E-state index in [1.165, 1.54) is 60.9 Å². The van der Waals surface area contributed by atoms with Crippen LogP contribution in [0.2, 0.25) is 5.02 Å². The maximum Gasteiger partial charge on any atom is 0.316 e. The molecule has 8 rings (SSSR count). The zero-order chi connectivity index (χ0) is 27.4. The number of rotatable bonds is 7. The second-order valence-electron chi connectivity index (χ2n) is 13.1. The summed E-state index contributed by atoms with van der Waals surface area (Å²) in [5.41, 5.74) is 5.17. The number of piperidine rings is 1. The number of nitrogens with one attached hydrogen (secondary N) is 1. The van der Waals surface area contributed by atoms with E-state index in [2.05, 4.69) is 39.4 Å². The zero-order valence-corrected chi connectivity index (χ0v) is 24.5. The predicted molar refractivity (Wildman–Crippen MR) is 162 cm³/mol. The third-order valence-corrected chi connectivity index (χ3v) is 10.6. The molecule has 1 N–H and O–H groups in total. The highest BCUT2D eigenvalue weighted by molar-refractivity contribution is 6.36. The lowest BCUT2D eigenvalue weighted by molar-refractivity contribution is 0.0231. The molecule has 7 nitrogen and oxygen atoms in total. The summed E-state index contributed by atoms with van der Waals surface area (Å²) in [7, 11) is 0. The van der Waals surface area contributed by atoms with Gasteiger partial charge in [0.05, 0.1) is 42.8 Å². The quantitative estimate of drug-likeness (QED) is 0.409. The maximum atomic E-state index is 6.74. The van der Waals surface area contributed by atoms with Crippen LogP contribution in [0.4, 0.5) is 5.69 Å². The molecule has 2 unspecified atom stereocenters. The van der Waals surface area contributed by atoms with E-state index >= 15 is 0 Å². The van der Waals surface area contributed by atoms with Crippen LogP contribution in [0.3, 0.4) is 0 Å². The SMILES string of the molecule is Clc1cccc2cccc(N3CCc4c(nc(OCC5(CN6CCOCC6)CC5)nc4C4CC5CCC(C4)N5)C3)c12. The van der Waals surface area contributed by atoms with Crippen LogP contribution in [-0.2, 0) is 17.7 Å². The smallest absolute Gasteiger partial charge is 0.316 e. The molecule has 1 aromatic heterocycles. The van der Waals surface area contributed by atoms with Crippen LogP contribution < -0.4 is 15.0 Å². The molecule has 41 heavy (non-hydrogen) atoms. The van der Waals surface area contributed by atoms with Crippen LogP contribution in [0, 0.1) is 5.41 Å². The minimum atomic E-state index is 0.233. The van der Waals surface area contributed by atoms with E-state index in [0.29, 0.717) is 30.6 Å². The summed E-state index contributed by atoms with van der Waals surface area (Å²) < 4.78 is 12.1. The highest BCUT2D eigenvalue weighted by atomic mass is 35.5. The first-order valence-electron chi connectivity index (χ1n) is 15.6. The molecular weight excluding hydrogens is 534 g/mol. The summed E-state index contributed by atoms with van der Waals surface area (Å²) in [4.78, 5) is 15.3. The van der Waals surface area contributed by atoms with Gasteiger partial charge in [0.2, 0.25) is 0 Å². The average molecular weight is 574 g/mol. The predicted octanol–water partition coefficient (Wildman–Crippen LogP) is 5.34. The molecule has 4 fully saturated rings. The van der Waals surface area contributed by atoms with Crippen molar-refractivity contribution in [3.05, 3.63) is 58.4 Å². The standard InChI is InChI=1S/C33H40ClN5O2/c34-27-5-1-3-22-4-2-6-29(30(22)27)39-12-9-26-28(19-39)36-32(37-31(26)23-17-24-7-8-25(18-23)35-24)41-21-33(10-11-33)20-38-13-15-40-16-14-38/h1-6,23-25,35H,7-21H2. The number of fused-ring (bicyclic) bond motifs is 4. The van der Waals surface area contributed by atoms with E-state index < -0.39 is 0 Å². The van der Waals surface area contributed by atoms with E-state index in [0.717, 1.165) is 68.5 Å². The summed E-state index contributed by atoms with van der Waals surface area (Å²) in [5, 5.41) is 6.92. The van der Waals surface area contributed by atoms with Gasteiger partial charge in [-0.1, -0.05) is 35.9 Å². The summed E-state index contributed by atoms with van der Waals surface area (Å²) in [5.74, 6) is 0.481. The van der Waals surface area contributed by atoms with Crippen molar-refractivity contribution < 1.29 is 9.47 Å². The van der Waals surface area contributed by atoms with E-state index in [1.807, 2.05) is 12.1 Å². The van der Waals surface area contributed by atoms with E-state index in [-0.39, 0.29) is 5.41 Å². The molecule has 0 spiro atoms. The van der Waals surface area contributed by atoms with Crippen molar-refractivity contribution in [1.29, 1.82) is 0 Å². The van der Waals surface area contributed by atoms with Crippen LogP contribution >= 0.6 is 11.6 Å². The summed E-state index contributed by atoms with van der Waals surface area (Å²) in [6.45, 7) is 7.19. The van der Waals surface area contributed by atoms with Gasteiger partial charge in [-0.25, -0.2) is 0 Å². The Morgan fingerprint density at radius 2 is 1.78 bits per heavy atom. The monoisotopic (exact) mass is 573 g/mol. The second-order valence-corrected chi connectivity index (χ2v) is 13.5. The van der Waals surface area contributed by atoms with Gasteiger partial charge in [-0.3, -0.25) is 4.90 Å². The van der Waals surface area contributed by atoms with Crippen molar-refractivity contribution in [1.82, 2.24) is 20.2 Å². The molecule has 2 bridgehead atoms. The Labute approximate surface area is 247 Å². The van der Waals surface area contributed by atoms with Gasteiger partial charge in [0.1, 0.15) is 0 Å². The van der Waals surface area contributed by atoms with Crippen molar-refractivity contribution in [2.45, 2.75) is 69.5 Å². The number of hydrogen-bond donors (Lipinski definition) is 1. The first kappa shape index (κ1) is 26.2. The Morgan fingerprint density at radius 1 is 1.00 bits per heavy atom. The Bertz CT molecular complexity index is 1420. The van der Waals surface area contributed by atoms with Gasteiger partial charge in [-0.15, -0.1) is 0 Å². The number of nitrogens with zero attached hydrogens (tertiary/aromatic N) is 4. The lowest BCUT2D eigenvalue weighted by Gasteiger charge is -2.35. The molecule has 4 aliphatic heterocycles. The topological polar surface area (TPSA) is 62.8 Å². The third kappa shape index (κ3) is 5.20. The molecule has 5 heterocycles. The van der Waals surface area contributed by atoms with Crippen LogP contribution in [0.5, 0.6) is 6.01 Å². The van der Waals surface area contributed by atoms with Gasteiger partial charge in [-0.05, 0) is 68.0 Å². The largest absolute Gasteiger partial charge is 0.463 e. The molecule has 1 saturated carbocycles. The summed E-state index contributed by atoms with van der Waals surface area (Å²) >= 11 is 6.74. The second kappa shape index (κ2) is 10.7. The van der Waals surface area contributed by atoms with Crippen molar-refractivity contribution in [2.75, 3.05) is 50.9 Å².